The molecular formula is C19H18BrFN4O2S. The van der Waals surface area contributed by atoms with Gasteiger partial charge in [0.15, 0.2) is 5.17 Å². The fourth-order valence-corrected chi connectivity index (χ4v) is 4.80. The Morgan fingerprint density at radius 3 is 3.04 bits per heavy atom. The van der Waals surface area contributed by atoms with Crippen molar-refractivity contribution in [2.24, 2.45) is 16.6 Å². The highest BCUT2D eigenvalue weighted by atomic mass is 79.9. The highest BCUT2D eigenvalue weighted by Crippen LogP contribution is 2.46. The highest BCUT2D eigenvalue weighted by Gasteiger charge is 2.47. The Labute approximate surface area is 174 Å². The minimum absolute atomic E-state index is 0.0205. The predicted octanol–water partition coefficient (Wildman–Crippen LogP) is 3.53. The number of fused-ring (bicyclic) bond motifs is 1. The van der Waals surface area contributed by atoms with Crippen molar-refractivity contribution < 1.29 is 13.9 Å². The van der Waals surface area contributed by atoms with Crippen molar-refractivity contribution in [3.63, 3.8) is 0 Å². The van der Waals surface area contributed by atoms with Gasteiger partial charge in [-0.25, -0.2) is 9.37 Å². The van der Waals surface area contributed by atoms with Crippen LogP contribution in [0.25, 0.3) is 0 Å². The number of nitrogens with zero attached hydrogens (tertiary/aromatic N) is 2. The van der Waals surface area contributed by atoms with Crippen LogP contribution in [0.4, 0.5) is 10.1 Å². The molecule has 2 aliphatic rings. The van der Waals surface area contributed by atoms with Crippen LogP contribution in [0.2, 0.25) is 0 Å². The number of hydrogen-bond donors (Lipinski definition) is 2. The van der Waals surface area contributed by atoms with E-state index in [2.05, 4.69) is 31.2 Å². The molecule has 0 radical (unpaired) electrons. The van der Waals surface area contributed by atoms with E-state index in [9.17, 15) is 9.18 Å². The van der Waals surface area contributed by atoms with E-state index in [1.165, 1.54) is 23.9 Å². The lowest BCUT2D eigenvalue weighted by atomic mass is 9.75. The van der Waals surface area contributed by atoms with Gasteiger partial charge < -0.3 is 15.8 Å². The molecule has 0 aliphatic carbocycles. The van der Waals surface area contributed by atoms with Gasteiger partial charge in [0.1, 0.15) is 11.5 Å². The van der Waals surface area contributed by atoms with Crippen molar-refractivity contribution in [2.75, 3.05) is 24.3 Å². The number of nitrogens with one attached hydrogen (secondary N) is 1. The van der Waals surface area contributed by atoms with Crippen LogP contribution in [-0.2, 0) is 10.3 Å². The third-order valence-corrected chi connectivity index (χ3v) is 6.44. The van der Waals surface area contributed by atoms with E-state index >= 15 is 0 Å². The van der Waals surface area contributed by atoms with Gasteiger partial charge in [0.25, 0.3) is 5.91 Å². The first-order chi connectivity index (χ1) is 13.5. The number of amides is 1. The van der Waals surface area contributed by atoms with Gasteiger partial charge in [-0.2, -0.15) is 0 Å². The summed E-state index contributed by atoms with van der Waals surface area (Å²) in [5, 5.41) is 3.24. The van der Waals surface area contributed by atoms with Crippen LogP contribution in [0, 0.1) is 11.7 Å². The van der Waals surface area contributed by atoms with E-state index < -0.39 is 5.54 Å². The largest absolute Gasteiger partial charge is 0.381 e. The molecule has 1 saturated heterocycles. The number of benzene rings is 1. The molecular weight excluding hydrogens is 447 g/mol. The number of rotatable bonds is 3. The summed E-state index contributed by atoms with van der Waals surface area (Å²) in [5.74, 6) is 0.00400. The molecule has 2 aromatic rings. The van der Waals surface area contributed by atoms with Gasteiger partial charge in [-0.1, -0.05) is 11.8 Å². The number of aromatic nitrogens is 1. The lowest BCUT2D eigenvalue weighted by Gasteiger charge is -2.44. The summed E-state index contributed by atoms with van der Waals surface area (Å²) in [6.07, 6.45) is 2.09. The first-order valence-corrected chi connectivity index (χ1v) is 10.5. The summed E-state index contributed by atoms with van der Waals surface area (Å²) in [7, 11) is 0. The summed E-state index contributed by atoms with van der Waals surface area (Å²) in [4.78, 5) is 21.2. The van der Waals surface area contributed by atoms with Crippen molar-refractivity contribution in [1.29, 1.82) is 0 Å². The summed E-state index contributed by atoms with van der Waals surface area (Å²) in [5.41, 5.74) is 6.41. The summed E-state index contributed by atoms with van der Waals surface area (Å²) >= 11 is 4.75. The standard InChI is InChI=1S/C19H18BrFN4O2S/c20-12-1-4-16(23-8-12)17(26)24-13-2-3-15(21)14(7-13)19-5-6-27-9-11(19)10-28-18(22)25-19/h1-4,7-8,11H,5-6,9-10H2,(H2,22,25)(H,24,26)/t11-,19+/m0/s1. The van der Waals surface area contributed by atoms with Crippen molar-refractivity contribution in [1.82, 2.24) is 4.98 Å². The Morgan fingerprint density at radius 1 is 1.39 bits per heavy atom. The van der Waals surface area contributed by atoms with Crippen LogP contribution in [0.5, 0.6) is 0 Å². The van der Waals surface area contributed by atoms with Gasteiger partial charge in [0.05, 0.1) is 12.1 Å². The van der Waals surface area contributed by atoms with Crippen LogP contribution >= 0.6 is 27.7 Å². The van der Waals surface area contributed by atoms with Gasteiger partial charge in [0, 0.05) is 46.6 Å². The van der Waals surface area contributed by atoms with Crippen molar-refractivity contribution >= 4 is 44.5 Å². The molecule has 1 aromatic carbocycles. The number of thioether (sulfide) groups is 1. The van der Waals surface area contributed by atoms with Gasteiger partial charge in [0.2, 0.25) is 0 Å². The number of aliphatic imine (C=N–C) groups is 1. The number of pyridine rings is 1. The fourth-order valence-electron chi connectivity index (χ4n) is 3.60. The number of anilines is 1. The zero-order valence-corrected chi connectivity index (χ0v) is 17.2. The van der Waals surface area contributed by atoms with Gasteiger partial charge in [-0.15, -0.1) is 0 Å². The Hall–Kier alpha value is -1.97. The minimum Gasteiger partial charge on any atom is -0.381 e. The monoisotopic (exact) mass is 464 g/mol. The zero-order chi connectivity index (χ0) is 19.7. The molecule has 3 heterocycles. The Bertz CT molecular complexity index is 940. The molecule has 2 aliphatic heterocycles. The molecule has 0 spiro atoms. The second kappa shape index (κ2) is 7.81. The molecule has 3 N–H and O–H groups in total. The smallest absolute Gasteiger partial charge is 0.274 e. The molecule has 9 heteroatoms. The maximum Gasteiger partial charge on any atom is 0.274 e. The molecule has 6 nitrogen and oxygen atoms in total. The zero-order valence-electron chi connectivity index (χ0n) is 14.8. The molecule has 0 unspecified atom stereocenters. The summed E-state index contributed by atoms with van der Waals surface area (Å²) in [6, 6.07) is 7.89. The first kappa shape index (κ1) is 19.4. The SMILES string of the molecule is NC1=N[C@]2(c3cc(NC(=O)c4ccc(Br)cn4)ccc3F)CCOC[C@H]2CS1. The average molecular weight is 465 g/mol. The van der Waals surface area contributed by atoms with Gasteiger partial charge in [-0.05, 0) is 46.3 Å². The molecule has 2 atom stereocenters. The van der Waals surface area contributed by atoms with Crippen LogP contribution in [0.1, 0.15) is 22.5 Å². The highest BCUT2D eigenvalue weighted by molar-refractivity contribution is 9.10. The molecule has 0 saturated carbocycles. The van der Waals surface area contributed by atoms with Crippen LogP contribution in [0.15, 0.2) is 46.0 Å². The normalized spacial score (nSPS) is 24.2. The van der Waals surface area contributed by atoms with Crippen molar-refractivity contribution in [2.45, 2.75) is 12.0 Å². The van der Waals surface area contributed by atoms with Crippen LogP contribution in [0.3, 0.4) is 0 Å². The third kappa shape index (κ3) is 3.66. The molecule has 1 fully saturated rings. The van der Waals surface area contributed by atoms with E-state index in [-0.39, 0.29) is 23.3 Å². The van der Waals surface area contributed by atoms with E-state index in [1.807, 2.05) is 0 Å². The molecule has 0 bridgehead atoms. The minimum atomic E-state index is -0.770. The number of nitrogens with two attached hydrogens (primary N) is 1. The first-order valence-electron chi connectivity index (χ1n) is 8.77. The number of carbonyl (C=O) groups is 1. The summed E-state index contributed by atoms with van der Waals surface area (Å²) in [6.45, 7) is 0.986. The van der Waals surface area contributed by atoms with Crippen LogP contribution in [-0.4, -0.2) is 35.0 Å². The van der Waals surface area contributed by atoms with E-state index in [4.69, 9.17) is 10.5 Å². The lowest BCUT2D eigenvalue weighted by Crippen LogP contribution is -2.47. The number of hydrogen-bond acceptors (Lipinski definition) is 6. The van der Waals surface area contributed by atoms with Crippen LogP contribution < -0.4 is 11.1 Å². The second-order valence-corrected chi connectivity index (χ2v) is 8.67. The molecule has 146 valence electrons. The second-order valence-electron chi connectivity index (χ2n) is 6.72. The molecule has 1 amide bonds. The Balaban J connectivity index is 1.68. The summed E-state index contributed by atoms with van der Waals surface area (Å²) < 4.78 is 21.2. The fraction of sp³-hybridized carbons (Fsp3) is 0.316. The predicted molar refractivity (Wildman–Crippen MR) is 111 cm³/mol. The quantitative estimate of drug-likeness (QED) is 0.724. The van der Waals surface area contributed by atoms with E-state index in [1.54, 1.807) is 24.4 Å². The van der Waals surface area contributed by atoms with Gasteiger partial charge in [-0.3, -0.25) is 9.79 Å². The van der Waals surface area contributed by atoms with Crippen molar-refractivity contribution in [3.05, 3.63) is 58.1 Å². The topological polar surface area (TPSA) is 89.6 Å². The maximum atomic E-state index is 14.9. The maximum absolute atomic E-state index is 14.9. The lowest BCUT2D eigenvalue weighted by molar-refractivity contribution is 0.00886. The Morgan fingerprint density at radius 2 is 2.25 bits per heavy atom. The average Bonchev–Trinajstić information content (AvgIpc) is 2.69. The number of ether oxygens (including phenoxy) is 1. The van der Waals surface area contributed by atoms with E-state index in [0.29, 0.717) is 41.8 Å². The van der Waals surface area contributed by atoms with Crippen molar-refractivity contribution in [3.8, 4) is 0 Å². The number of carbonyl (C=O) groups excluding carboxylic acids is 1. The third-order valence-electron chi connectivity index (χ3n) is 5.01. The molecule has 4 rings (SSSR count). The number of amidine groups is 1. The molecule has 28 heavy (non-hydrogen) atoms. The Kier molecular flexibility index (Phi) is 5.39. The van der Waals surface area contributed by atoms with Gasteiger partial charge >= 0.3 is 0 Å². The molecule has 1 aromatic heterocycles. The number of halogens is 2. The van der Waals surface area contributed by atoms with E-state index in [0.717, 1.165) is 4.47 Å².